The van der Waals surface area contributed by atoms with Gasteiger partial charge in [-0.3, -0.25) is 0 Å². The van der Waals surface area contributed by atoms with Gasteiger partial charge in [0.25, 0.3) is 0 Å². The van der Waals surface area contributed by atoms with Gasteiger partial charge in [-0.25, -0.2) is 9.59 Å². The summed E-state index contributed by atoms with van der Waals surface area (Å²) in [5, 5.41) is 18.2. The maximum atomic E-state index is 11.0. The molecule has 5 heteroatoms. The van der Waals surface area contributed by atoms with Crippen molar-refractivity contribution in [3.63, 3.8) is 0 Å². The molecule has 0 fully saturated rings. The van der Waals surface area contributed by atoms with Crippen LogP contribution in [0.3, 0.4) is 0 Å². The second kappa shape index (κ2) is 5.56. The molecule has 0 bridgehead atoms. The Balaban J connectivity index is 3.01. The Morgan fingerprint density at radius 1 is 1.41 bits per heavy atom. The summed E-state index contributed by atoms with van der Waals surface area (Å²) in [5.74, 6) is 2.45. The summed E-state index contributed by atoms with van der Waals surface area (Å²) in [6.07, 6.45) is 0. The number of carbonyl (C=O) groups excluding carboxylic acids is 1. The molecular weight excluding hydrogens is 224 g/mol. The van der Waals surface area contributed by atoms with Crippen molar-refractivity contribution in [1.29, 1.82) is 0 Å². The van der Waals surface area contributed by atoms with Crippen molar-refractivity contribution in [1.82, 2.24) is 0 Å². The fourth-order valence-electron chi connectivity index (χ4n) is 1.05. The van der Waals surface area contributed by atoms with E-state index in [4.69, 9.17) is 5.11 Å². The van der Waals surface area contributed by atoms with Crippen molar-refractivity contribution in [2.75, 3.05) is 6.61 Å². The Labute approximate surface area is 97.6 Å². The second-order valence-corrected chi connectivity index (χ2v) is 3.01. The van der Waals surface area contributed by atoms with E-state index >= 15 is 0 Å². The molecule has 0 aliphatic heterocycles. The fourth-order valence-corrected chi connectivity index (χ4v) is 1.05. The number of hydrogen-bond donors (Lipinski definition) is 2. The Kier molecular flexibility index (Phi) is 4.12. The van der Waals surface area contributed by atoms with Crippen molar-refractivity contribution in [2.45, 2.75) is 6.92 Å². The molecule has 0 spiro atoms. The van der Waals surface area contributed by atoms with E-state index < -0.39 is 11.9 Å². The molecule has 5 nitrogen and oxygen atoms in total. The fraction of sp³-hybridized carbons (Fsp3) is 0.167. The number of phenols is 1. The van der Waals surface area contributed by atoms with E-state index in [0.29, 0.717) is 0 Å². The maximum absolute atomic E-state index is 11.0. The molecule has 1 rings (SSSR count). The summed E-state index contributed by atoms with van der Waals surface area (Å²) in [6, 6.07) is 3.63. The molecule has 0 saturated heterocycles. The van der Waals surface area contributed by atoms with Crippen LogP contribution in [0.4, 0.5) is 0 Å². The van der Waals surface area contributed by atoms with Gasteiger partial charge in [0.05, 0.1) is 17.7 Å². The first-order valence-corrected chi connectivity index (χ1v) is 4.79. The lowest BCUT2D eigenvalue weighted by atomic mass is 10.1. The lowest BCUT2D eigenvalue weighted by molar-refractivity contribution is -0.136. The third kappa shape index (κ3) is 3.54. The van der Waals surface area contributed by atoms with Crippen LogP contribution in [-0.2, 0) is 9.53 Å². The van der Waals surface area contributed by atoms with E-state index in [1.54, 1.807) is 6.92 Å². The van der Waals surface area contributed by atoms with Gasteiger partial charge in [-0.1, -0.05) is 5.92 Å². The monoisotopic (exact) mass is 234 g/mol. The standard InChI is InChI=1S/C12H10O5/c1-2-17-11(14)6-4-8-7-9(12(15)16)3-5-10(8)13/h3,5,7,13H,2H2,1H3,(H,15,16). The number of phenolic OH excluding ortho intramolecular Hbond substituents is 1. The quantitative estimate of drug-likeness (QED) is 0.589. The van der Waals surface area contributed by atoms with E-state index in [1.165, 1.54) is 18.2 Å². The summed E-state index contributed by atoms with van der Waals surface area (Å²) in [5.41, 5.74) is 0.0499. The molecule has 0 heterocycles. The average molecular weight is 234 g/mol. The zero-order valence-electron chi connectivity index (χ0n) is 9.06. The van der Waals surface area contributed by atoms with Crippen LogP contribution in [0, 0.1) is 11.8 Å². The average Bonchev–Trinajstić information content (AvgIpc) is 2.28. The summed E-state index contributed by atoms with van der Waals surface area (Å²) < 4.78 is 4.57. The zero-order chi connectivity index (χ0) is 12.8. The molecular formula is C12H10O5. The summed E-state index contributed by atoms with van der Waals surface area (Å²) in [6.45, 7) is 1.84. The summed E-state index contributed by atoms with van der Waals surface area (Å²) in [7, 11) is 0. The highest BCUT2D eigenvalue weighted by Gasteiger charge is 2.06. The molecule has 0 atom stereocenters. The Morgan fingerprint density at radius 3 is 2.71 bits per heavy atom. The van der Waals surface area contributed by atoms with Gasteiger partial charge in [-0.15, -0.1) is 0 Å². The van der Waals surface area contributed by atoms with Crippen molar-refractivity contribution < 1.29 is 24.5 Å². The van der Waals surface area contributed by atoms with Gasteiger partial charge < -0.3 is 14.9 Å². The van der Waals surface area contributed by atoms with Gasteiger partial charge in [0.2, 0.25) is 0 Å². The predicted octanol–water partition coefficient (Wildman–Crippen LogP) is 1.01. The van der Waals surface area contributed by atoms with Gasteiger partial charge in [0.15, 0.2) is 0 Å². The topological polar surface area (TPSA) is 83.8 Å². The number of ether oxygens (including phenoxy) is 1. The van der Waals surface area contributed by atoms with Gasteiger partial charge >= 0.3 is 11.9 Å². The van der Waals surface area contributed by atoms with Crippen molar-refractivity contribution in [3.05, 3.63) is 29.3 Å². The van der Waals surface area contributed by atoms with E-state index in [-0.39, 0.29) is 23.5 Å². The minimum atomic E-state index is -1.14. The highest BCUT2D eigenvalue weighted by atomic mass is 16.5. The van der Waals surface area contributed by atoms with Gasteiger partial charge in [-0.2, -0.15) is 0 Å². The Morgan fingerprint density at radius 2 is 2.12 bits per heavy atom. The largest absolute Gasteiger partial charge is 0.507 e. The first-order chi connectivity index (χ1) is 8.04. The van der Waals surface area contributed by atoms with Gasteiger partial charge in [0, 0.05) is 5.92 Å². The lowest BCUT2D eigenvalue weighted by Gasteiger charge is -1.98. The smallest absolute Gasteiger partial charge is 0.384 e. The molecule has 0 aliphatic rings. The first kappa shape index (κ1) is 12.6. The minimum absolute atomic E-state index is 0.0176. The highest BCUT2D eigenvalue weighted by molar-refractivity contribution is 5.90. The normalized spacial score (nSPS) is 9.00. The number of benzene rings is 1. The molecule has 1 aromatic rings. The molecule has 0 saturated carbocycles. The van der Waals surface area contributed by atoms with Crippen LogP contribution in [0.1, 0.15) is 22.8 Å². The third-order valence-corrected chi connectivity index (χ3v) is 1.82. The minimum Gasteiger partial charge on any atom is -0.507 e. The first-order valence-electron chi connectivity index (χ1n) is 4.79. The van der Waals surface area contributed by atoms with Crippen molar-refractivity contribution in [3.8, 4) is 17.6 Å². The molecule has 1 aromatic carbocycles. The highest BCUT2D eigenvalue weighted by Crippen LogP contribution is 2.17. The SMILES string of the molecule is CCOC(=O)C#Cc1cc(C(=O)O)ccc1O. The van der Waals surface area contributed by atoms with E-state index in [1.807, 2.05) is 0 Å². The number of esters is 1. The Bertz CT molecular complexity index is 507. The number of carboxylic acids is 1. The van der Waals surface area contributed by atoms with E-state index in [0.717, 1.165) is 0 Å². The number of carbonyl (C=O) groups is 2. The predicted molar refractivity (Wildman–Crippen MR) is 58.6 cm³/mol. The molecule has 2 N–H and O–H groups in total. The second-order valence-electron chi connectivity index (χ2n) is 3.01. The van der Waals surface area contributed by atoms with Crippen LogP contribution >= 0.6 is 0 Å². The van der Waals surface area contributed by atoms with Crippen LogP contribution in [-0.4, -0.2) is 28.8 Å². The molecule has 17 heavy (non-hydrogen) atoms. The Hall–Kier alpha value is -2.48. The van der Waals surface area contributed by atoms with Crippen molar-refractivity contribution in [2.24, 2.45) is 0 Å². The molecule has 0 unspecified atom stereocenters. The number of hydrogen-bond acceptors (Lipinski definition) is 4. The molecule has 0 amide bonds. The number of rotatable bonds is 2. The van der Waals surface area contributed by atoms with Gasteiger partial charge in [0.1, 0.15) is 5.75 Å². The summed E-state index contributed by atoms with van der Waals surface area (Å²) in [4.78, 5) is 21.6. The summed E-state index contributed by atoms with van der Waals surface area (Å²) >= 11 is 0. The molecule has 0 aromatic heterocycles. The van der Waals surface area contributed by atoms with Crippen LogP contribution in [0.15, 0.2) is 18.2 Å². The number of carboxylic acid groups (broad SMARTS) is 1. The van der Waals surface area contributed by atoms with Gasteiger partial charge in [-0.05, 0) is 25.1 Å². The van der Waals surface area contributed by atoms with Crippen LogP contribution in [0.25, 0.3) is 0 Å². The van der Waals surface area contributed by atoms with Crippen LogP contribution in [0.2, 0.25) is 0 Å². The molecule has 88 valence electrons. The van der Waals surface area contributed by atoms with Crippen LogP contribution < -0.4 is 0 Å². The van der Waals surface area contributed by atoms with Crippen molar-refractivity contribution >= 4 is 11.9 Å². The number of aromatic hydroxyl groups is 1. The molecule has 0 radical (unpaired) electrons. The third-order valence-electron chi connectivity index (χ3n) is 1.82. The lowest BCUT2D eigenvalue weighted by Crippen LogP contribution is -2.00. The maximum Gasteiger partial charge on any atom is 0.384 e. The number of aromatic carboxylic acids is 1. The van der Waals surface area contributed by atoms with E-state index in [9.17, 15) is 14.7 Å². The molecule has 0 aliphatic carbocycles. The zero-order valence-corrected chi connectivity index (χ0v) is 9.06. The van der Waals surface area contributed by atoms with Crippen LogP contribution in [0.5, 0.6) is 5.75 Å². The van der Waals surface area contributed by atoms with E-state index in [2.05, 4.69) is 16.6 Å².